The molecule has 1 aliphatic rings. The molecule has 0 heterocycles. The van der Waals surface area contributed by atoms with Crippen molar-refractivity contribution < 1.29 is 5.11 Å². The van der Waals surface area contributed by atoms with Crippen LogP contribution in [0, 0.1) is 6.92 Å². The first-order chi connectivity index (χ1) is 7.16. The fourth-order valence-electron chi connectivity index (χ4n) is 2.33. The van der Waals surface area contributed by atoms with Gasteiger partial charge in [0.2, 0.25) is 0 Å². The standard InChI is InChI=1S/C13H17ClO/c1-9-5-6-11(8-13(9)14)10-3-2-4-12(15)7-10/h5-6,8,10,12,15H,2-4,7H2,1H3. The maximum Gasteiger partial charge on any atom is 0.0546 e. The summed E-state index contributed by atoms with van der Waals surface area (Å²) in [6.07, 6.45) is 4.02. The Balaban J connectivity index is 2.18. The molecule has 1 fully saturated rings. The van der Waals surface area contributed by atoms with E-state index in [0.717, 1.165) is 29.8 Å². The molecule has 1 aromatic rings. The Morgan fingerprint density at radius 2 is 2.13 bits per heavy atom. The van der Waals surface area contributed by atoms with Gasteiger partial charge in [0.25, 0.3) is 0 Å². The van der Waals surface area contributed by atoms with Crippen LogP contribution in [0.3, 0.4) is 0 Å². The molecule has 1 aromatic carbocycles. The smallest absolute Gasteiger partial charge is 0.0546 e. The van der Waals surface area contributed by atoms with Crippen molar-refractivity contribution >= 4 is 11.6 Å². The van der Waals surface area contributed by atoms with Crippen LogP contribution < -0.4 is 0 Å². The third-order valence-corrected chi connectivity index (χ3v) is 3.72. The van der Waals surface area contributed by atoms with E-state index in [1.54, 1.807) is 0 Å². The number of rotatable bonds is 1. The molecular weight excluding hydrogens is 208 g/mol. The zero-order chi connectivity index (χ0) is 10.8. The van der Waals surface area contributed by atoms with Gasteiger partial charge in [0.15, 0.2) is 0 Å². The molecule has 1 N–H and O–H groups in total. The lowest BCUT2D eigenvalue weighted by atomic mass is 9.82. The summed E-state index contributed by atoms with van der Waals surface area (Å²) in [7, 11) is 0. The highest BCUT2D eigenvalue weighted by molar-refractivity contribution is 6.31. The zero-order valence-electron chi connectivity index (χ0n) is 9.04. The lowest BCUT2D eigenvalue weighted by Gasteiger charge is -2.26. The molecule has 1 aliphatic carbocycles. The van der Waals surface area contributed by atoms with Crippen LogP contribution in [0.1, 0.15) is 42.7 Å². The lowest BCUT2D eigenvalue weighted by molar-refractivity contribution is 0.119. The van der Waals surface area contributed by atoms with Crippen LogP contribution in [0.2, 0.25) is 5.02 Å². The molecule has 0 bridgehead atoms. The average Bonchev–Trinajstić information content (AvgIpc) is 2.22. The highest BCUT2D eigenvalue weighted by atomic mass is 35.5. The molecule has 15 heavy (non-hydrogen) atoms. The average molecular weight is 225 g/mol. The minimum absolute atomic E-state index is 0.121. The van der Waals surface area contributed by atoms with E-state index >= 15 is 0 Å². The number of benzene rings is 1. The number of aliphatic hydroxyl groups excluding tert-OH is 1. The molecular formula is C13H17ClO. The van der Waals surface area contributed by atoms with Gasteiger partial charge in [-0.1, -0.05) is 30.2 Å². The molecule has 2 atom stereocenters. The molecule has 2 rings (SSSR count). The molecule has 0 aromatic heterocycles. The van der Waals surface area contributed by atoms with Crippen LogP contribution in [-0.2, 0) is 0 Å². The third-order valence-electron chi connectivity index (χ3n) is 3.31. The second-order valence-corrected chi connectivity index (χ2v) is 4.93. The van der Waals surface area contributed by atoms with Crippen molar-refractivity contribution in [3.63, 3.8) is 0 Å². The number of aliphatic hydroxyl groups is 1. The fraction of sp³-hybridized carbons (Fsp3) is 0.538. The summed E-state index contributed by atoms with van der Waals surface area (Å²) < 4.78 is 0. The second kappa shape index (κ2) is 4.54. The first kappa shape index (κ1) is 11.0. The fourth-order valence-corrected chi connectivity index (χ4v) is 2.52. The van der Waals surface area contributed by atoms with Crippen molar-refractivity contribution in [3.8, 4) is 0 Å². The van der Waals surface area contributed by atoms with Crippen LogP contribution in [0.4, 0.5) is 0 Å². The molecule has 1 nitrogen and oxygen atoms in total. The van der Waals surface area contributed by atoms with E-state index in [1.165, 1.54) is 12.0 Å². The van der Waals surface area contributed by atoms with Gasteiger partial charge >= 0.3 is 0 Å². The molecule has 2 heteroatoms. The maximum absolute atomic E-state index is 9.63. The van der Waals surface area contributed by atoms with E-state index in [1.807, 2.05) is 6.92 Å². The van der Waals surface area contributed by atoms with E-state index in [2.05, 4.69) is 18.2 Å². The van der Waals surface area contributed by atoms with Gasteiger partial charge in [-0.25, -0.2) is 0 Å². The minimum atomic E-state index is -0.121. The van der Waals surface area contributed by atoms with E-state index < -0.39 is 0 Å². The van der Waals surface area contributed by atoms with Crippen LogP contribution in [-0.4, -0.2) is 11.2 Å². The Kier molecular flexibility index (Phi) is 3.32. The van der Waals surface area contributed by atoms with E-state index in [9.17, 15) is 5.11 Å². The molecule has 0 spiro atoms. The van der Waals surface area contributed by atoms with Gasteiger partial charge in [-0.2, -0.15) is 0 Å². The van der Waals surface area contributed by atoms with Gasteiger partial charge in [0.05, 0.1) is 6.10 Å². The van der Waals surface area contributed by atoms with Gasteiger partial charge in [-0.05, 0) is 49.3 Å². The summed E-state index contributed by atoms with van der Waals surface area (Å²) in [5.41, 5.74) is 2.40. The SMILES string of the molecule is Cc1ccc(C2CCCC(O)C2)cc1Cl. The van der Waals surface area contributed by atoms with Crippen LogP contribution in [0.25, 0.3) is 0 Å². The number of aryl methyl sites for hydroxylation is 1. The lowest BCUT2D eigenvalue weighted by Crippen LogP contribution is -2.18. The topological polar surface area (TPSA) is 20.2 Å². The molecule has 2 unspecified atom stereocenters. The summed E-state index contributed by atoms with van der Waals surface area (Å²) in [4.78, 5) is 0. The predicted molar refractivity (Wildman–Crippen MR) is 63.4 cm³/mol. The Morgan fingerprint density at radius 1 is 1.33 bits per heavy atom. The first-order valence-corrected chi connectivity index (χ1v) is 5.98. The van der Waals surface area contributed by atoms with Gasteiger partial charge in [0, 0.05) is 5.02 Å². The Hall–Kier alpha value is -0.530. The van der Waals surface area contributed by atoms with Crippen molar-refractivity contribution in [2.24, 2.45) is 0 Å². The van der Waals surface area contributed by atoms with E-state index in [-0.39, 0.29) is 6.10 Å². The molecule has 0 aliphatic heterocycles. The largest absolute Gasteiger partial charge is 0.393 e. The van der Waals surface area contributed by atoms with Crippen molar-refractivity contribution in [1.82, 2.24) is 0 Å². The summed E-state index contributed by atoms with van der Waals surface area (Å²) in [5.74, 6) is 0.492. The summed E-state index contributed by atoms with van der Waals surface area (Å²) in [6.45, 7) is 2.02. The highest BCUT2D eigenvalue weighted by Gasteiger charge is 2.21. The van der Waals surface area contributed by atoms with E-state index in [4.69, 9.17) is 11.6 Å². The quantitative estimate of drug-likeness (QED) is 0.772. The molecule has 0 radical (unpaired) electrons. The van der Waals surface area contributed by atoms with Gasteiger partial charge in [0.1, 0.15) is 0 Å². The molecule has 0 amide bonds. The minimum Gasteiger partial charge on any atom is -0.393 e. The summed E-state index contributed by atoms with van der Waals surface area (Å²) in [6, 6.07) is 6.27. The van der Waals surface area contributed by atoms with Gasteiger partial charge in [-0.15, -0.1) is 0 Å². The normalized spacial score (nSPS) is 26.6. The van der Waals surface area contributed by atoms with Crippen molar-refractivity contribution in [3.05, 3.63) is 34.3 Å². The Labute approximate surface area is 96.1 Å². The maximum atomic E-state index is 9.63. The Bertz CT molecular complexity index is 348. The van der Waals surface area contributed by atoms with Crippen molar-refractivity contribution in [2.75, 3.05) is 0 Å². The number of halogens is 1. The summed E-state index contributed by atoms with van der Waals surface area (Å²) >= 11 is 6.11. The van der Waals surface area contributed by atoms with Crippen LogP contribution >= 0.6 is 11.6 Å². The van der Waals surface area contributed by atoms with Gasteiger partial charge < -0.3 is 5.11 Å². The number of hydrogen-bond donors (Lipinski definition) is 1. The number of hydrogen-bond acceptors (Lipinski definition) is 1. The Morgan fingerprint density at radius 3 is 2.80 bits per heavy atom. The van der Waals surface area contributed by atoms with Crippen molar-refractivity contribution in [2.45, 2.75) is 44.6 Å². The molecule has 0 saturated heterocycles. The molecule has 1 saturated carbocycles. The van der Waals surface area contributed by atoms with Crippen LogP contribution in [0.5, 0.6) is 0 Å². The third kappa shape index (κ3) is 2.53. The first-order valence-electron chi connectivity index (χ1n) is 5.61. The van der Waals surface area contributed by atoms with Crippen molar-refractivity contribution in [1.29, 1.82) is 0 Å². The zero-order valence-corrected chi connectivity index (χ0v) is 9.80. The van der Waals surface area contributed by atoms with Crippen LogP contribution in [0.15, 0.2) is 18.2 Å². The predicted octanol–water partition coefficient (Wildman–Crippen LogP) is 3.67. The monoisotopic (exact) mass is 224 g/mol. The second-order valence-electron chi connectivity index (χ2n) is 4.53. The molecule has 82 valence electrons. The highest BCUT2D eigenvalue weighted by Crippen LogP contribution is 2.34. The van der Waals surface area contributed by atoms with E-state index in [0.29, 0.717) is 5.92 Å². The van der Waals surface area contributed by atoms with Gasteiger partial charge in [-0.3, -0.25) is 0 Å². The summed E-state index contributed by atoms with van der Waals surface area (Å²) in [5, 5.41) is 10.5.